The Bertz CT molecular complexity index is 949. The van der Waals surface area contributed by atoms with Crippen molar-refractivity contribution in [1.29, 1.82) is 0 Å². The van der Waals surface area contributed by atoms with Gasteiger partial charge in [0, 0.05) is 5.41 Å². The average molecular weight is 406 g/mol. The largest absolute Gasteiger partial charge is 0.482 e. The number of carbonyl (C=O) groups is 1. The molecule has 3 aromatic carbocycles. The Morgan fingerprint density at radius 3 is 2.27 bits per heavy atom. The van der Waals surface area contributed by atoms with Crippen molar-refractivity contribution < 1.29 is 24.1 Å². The van der Waals surface area contributed by atoms with E-state index in [1.807, 2.05) is 66.7 Å². The molecule has 0 aliphatic rings. The van der Waals surface area contributed by atoms with E-state index in [1.165, 1.54) is 0 Å². The first-order chi connectivity index (χ1) is 14.4. The molecular weight excluding hydrogens is 380 g/mol. The van der Waals surface area contributed by atoms with Crippen molar-refractivity contribution in [3.8, 4) is 17.2 Å². The third-order valence-corrected chi connectivity index (χ3v) is 4.61. The van der Waals surface area contributed by atoms with Crippen LogP contribution >= 0.6 is 0 Å². The van der Waals surface area contributed by atoms with Gasteiger partial charge in [-0.15, -0.1) is 0 Å². The van der Waals surface area contributed by atoms with Gasteiger partial charge in [-0.2, -0.15) is 0 Å². The zero-order valence-corrected chi connectivity index (χ0v) is 17.2. The summed E-state index contributed by atoms with van der Waals surface area (Å²) in [6, 6.07) is 25.0. The summed E-state index contributed by atoms with van der Waals surface area (Å²) in [5.41, 5.74) is 1.92. The van der Waals surface area contributed by atoms with Crippen molar-refractivity contribution in [2.45, 2.75) is 25.9 Å². The van der Waals surface area contributed by atoms with Gasteiger partial charge in [0.15, 0.2) is 6.61 Å². The lowest BCUT2D eigenvalue weighted by atomic mass is 9.85. The van der Waals surface area contributed by atoms with E-state index in [2.05, 4.69) is 13.8 Å². The summed E-state index contributed by atoms with van der Waals surface area (Å²) in [4.78, 5) is 10.6. The lowest BCUT2D eigenvalue weighted by Crippen LogP contribution is -2.24. The maximum atomic E-state index is 10.6. The molecule has 0 aromatic heterocycles. The topological polar surface area (TPSA) is 65.0 Å². The van der Waals surface area contributed by atoms with Crippen molar-refractivity contribution >= 4 is 5.97 Å². The predicted molar refractivity (Wildman–Crippen MR) is 115 cm³/mol. The Kier molecular flexibility index (Phi) is 7.09. The van der Waals surface area contributed by atoms with Gasteiger partial charge in [-0.25, -0.2) is 4.79 Å². The SMILES string of the molecule is CC(C)(COCc1cccc(Oc2ccccc2)c1)c1ccc(OCC(=O)O)cc1. The Morgan fingerprint density at radius 1 is 0.867 bits per heavy atom. The third-order valence-electron chi connectivity index (χ3n) is 4.61. The van der Waals surface area contributed by atoms with E-state index in [0.29, 0.717) is 19.0 Å². The average Bonchev–Trinajstić information content (AvgIpc) is 2.73. The second-order valence-electron chi connectivity index (χ2n) is 7.65. The van der Waals surface area contributed by atoms with Crippen molar-refractivity contribution in [3.05, 3.63) is 90.0 Å². The zero-order chi connectivity index (χ0) is 21.4. The Hall–Kier alpha value is -3.31. The van der Waals surface area contributed by atoms with Crippen LogP contribution in [0.4, 0.5) is 0 Å². The van der Waals surface area contributed by atoms with Crippen LogP contribution in [0.25, 0.3) is 0 Å². The molecule has 0 atom stereocenters. The molecule has 0 unspecified atom stereocenters. The molecule has 30 heavy (non-hydrogen) atoms. The summed E-state index contributed by atoms with van der Waals surface area (Å²) >= 11 is 0. The number of hydrogen-bond donors (Lipinski definition) is 1. The molecule has 0 heterocycles. The standard InChI is InChI=1S/C25H26O5/c1-25(2,20-11-13-21(14-12-20)29-17-24(26)27)18-28-16-19-7-6-10-23(15-19)30-22-8-4-3-5-9-22/h3-15H,16-18H2,1-2H3,(H,26,27). The second-order valence-corrected chi connectivity index (χ2v) is 7.65. The van der Waals surface area contributed by atoms with E-state index in [9.17, 15) is 4.79 Å². The minimum atomic E-state index is -0.994. The zero-order valence-electron chi connectivity index (χ0n) is 17.2. The molecule has 0 bridgehead atoms. The van der Waals surface area contributed by atoms with Crippen LogP contribution in [0.5, 0.6) is 17.2 Å². The van der Waals surface area contributed by atoms with Crippen LogP contribution in [0, 0.1) is 0 Å². The predicted octanol–water partition coefficient (Wildman–Crippen LogP) is 5.44. The van der Waals surface area contributed by atoms with Crippen LogP contribution in [0.1, 0.15) is 25.0 Å². The van der Waals surface area contributed by atoms with Gasteiger partial charge < -0.3 is 19.3 Å². The highest BCUT2D eigenvalue weighted by molar-refractivity contribution is 5.68. The number of para-hydroxylation sites is 1. The highest BCUT2D eigenvalue weighted by Gasteiger charge is 2.21. The lowest BCUT2D eigenvalue weighted by molar-refractivity contribution is -0.139. The molecule has 3 aromatic rings. The summed E-state index contributed by atoms with van der Waals surface area (Å²) in [7, 11) is 0. The molecule has 0 saturated carbocycles. The monoisotopic (exact) mass is 406 g/mol. The maximum Gasteiger partial charge on any atom is 0.341 e. The van der Waals surface area contributed by atoms with E-state index >= 15 is 0 Å². The second kappa shape index (κ2) is 9.94. The smallest absolute Gasteiger partial charge is 0.341 e. The molecule has 0 aliphatic heterocycles. The van der Waals surface area contributed by atoms with Crippen LogP contribution in [0.2, 0.25) is 0 Å². The first-order valence-corrected chi connectivity index (χ1v) is 9.77. The van der Waals surface area contributed by atoms with Crippen LogP contribution in [0.3, 0.4) is 0 Å². The number of aliphatic carboxylic acids is 1. The van der Waals surface area contributed by atoms with E-state index in [0.717, 1.165) is 22.6 Å². The molecule has 3 rings (SSSR count). The molecule has 0 saturated heterocycles. The maximum absolute atomic E-state index is 10.6. The van der Waals surface area contributed by atoms with Crippen LogP contribution in [-0.2, 0) is 21.6 Å². The molecule has 0 amide bonds. The van der Waals surface area contributed by atoms with Crippen molar-refractivity contribution in [2.75, 3.05) is 13.2 Å². The molecule has 156 valence electrons. The number of carboxylic acids is 1. The summed E-state index contributed by atoms with van der Waals surface area (Å²) < 4.78 is 17.1. The highest BCUT2D eigenvalue weighted by Crippen LogP contribution is 2.27. The molecule has 0 spiro atoms. The summed E-state index contributed by atoms with van der Waals surface area (Å²) in [5.74, 6) is 1.12. The summed E-state index contributed by atoms with van der Waals surface area (Å²) in [5, 5.41) is 8.69. The fourth-order valence-electron chi connectivity index (χ4n) is 2.98. The fourth-order valence-corrected chi connectivity index (χ4v) is 2.98. The van der Waals surface area contributed by atoms with Gasteiger partial charge >= 0.3 is 5.97 Å². The van der Waals surface area contributed by atoms with Crippen LogP contribution < -0.4 is 9.47 Å². The van der Waals surface area contributed by atoms with Crippen molar-refractivity contribution in [3.63, 3.8) is 0 Å². The molecule has 0 aliphatic carbocycles. The highest BCUT2D eigenvalue weighted by atomic mass is 16.5. The normalized spacial score (nSPS) is 11.1. The first-order valence-electron chi connectivity index (χ1n) is 9.77. The number of benzene rings is 3. The van der Waals surface area contributed by atoms with E-state index < -0.39 is 5.97 Å². The Morgan fingerprint density at radius 2 is 1.57 bits per heavy atom. The Balaban J connectivity index is 1.53. The van der Waals surface area contributed by atoms with E-state index in [4.69, 9.17) is 19.3 Å². The summed E-state index contributed by atoms with van der Waals surface area (Å²) in [6.45, 7) is 4.88. The van der Waals surface area contributed by atoms with Crippen LogP contribution in [-0.4, -0.2) is 24.3 Å². The molecule has 0 fully saturated rings. The first kappa shape index (κ1) is 21.4. The summed E-state index contributed by atoms with van der Waals surface area (Å²) in [6.07, 6.45) is 0. The van der Waals surface area contributed by atoms with Gasteiger partial charge in [0.05, 0.1) is 13.2 Å². The number of ether oxygens (including phenoxy) is 3. The third kappa shape index (κ3) is 6.36. The molecular formula is C25H26O5. The van der Waals surface area contributed by atoms with Gasteiger partial charge in [0.25, 0.3) is 0 Å². The van der Waals surface area contributed by atoms with Crippen molar-refractivity contribution in [1.82, 2.24) is 0 Å². The van der Waals surface area contributed by atoms with Gasteiger partial charge in [-0.1, -0.05) is 56.3 Å². The molecule has 5 heteroatoms. The number of rotatable bonds is 10. The van der Waals surface area contributed by atoms with Crippen molar-refractivity contribution in [2.24, 2.45) is 0 Å². The van der Waals surface area contributed by atoms with Crippen LogP contribution in [0.15, 0.2) is 78.9 Å². The van der Waals surface area contributed by atoms with Gasteiger partial charge in [-0.3, -0.25) is 0 Å². The van der Waals surface area contributed by atoms with Gasteiger partial charge in [0.2, 0.25) is 0 Å². The molecule has 0 radical (unpaired) electrons. The van der Waals surface area contributed by atoms with Gasteiger partial charge in [0.1, 0.15) is 17.2 Å². The van der Waals surface area contributed by atoms with Gasteiger partial charge in [-0.05, 0) is 47.5 Å². The fraction of sp³-hybridized carbons (Fsp3) is 0.240. The minimum Gasteiger partial charge on any atom is -0.482 e. The number of carboxylic acid groups (broad SMARTS) is 1. The Labute approximate surface area is 176 Å². The quantitative estimate of drug-likeness (QED) is 0.486. The molecule has 5 nitrogen and oxygen atoms in total. The van der Waals surface area contributed by atoms with E-state index in [1.54, 1.807) is 12.1 Å². The minimum absolute atomic E-state index is 0.205. The molecule has 1 N–H and O–H groups in total. The lowest BCUT2D eigenvalue weighted by Gasteiger charge is -2.25. The van der Waals surface area contributed by atoms with E-state index in [-0.39, 0.29) is 12.0 Å². The number of hydrogen-bond acceptors (Lipinski definition) is 4.